The van der Waals surface area contributed by atoms with E-state index in [4.69, 9.17) is 10.00 Å². The lowest BCUT2D eigenvalue weighted by Crippen LogP contribution is -2.08. The molecule has 0 radical (unpaired) electrons. The van der Waals surface area contributed by atoms with E-state index < -0.39 is 0 Å². The second-order valence-electron chi connectivity index (χ2n) is 4.50. The lowest BCUT2D eigenvalue weighted by atomic mass is 10.1. The van der Waals surface area contributed by atoms with Gasteiger partial charge in [-0.05, 0) is 25.2 Å². The van der Waals surface area contributed by atoms with Gasteiger partial charge in [-0.25, -0.2) is 0 Å². The molecule has 4 nitrogen and oxygen atoms in total. The molecule has 0 bridgehead atoms. The van der Waals surface area contributed by atoms with Crippen LogP contribution in [0.4, 0.5) is 0 Å². The van der Waals surface area contributed by atoms with Gasteiger partial charge in [-0.3, -0.25) is 0 Å². The monoisotopic (exact) mass is 233 g/mol. The Labute approximate surface area is 100 Å². The molecule has 2 N–H and O–H groups in total. The molecule has 0 aliphatic heterocycles. The molecule has 1 aliphatic carbocycles. The lowest BCUT2D eigenvalue weighted by molar-refractivity contribution is 0.248. The van der Waals surface area contributed by atoms with E-state index >= 15 is 0 Å². The van der Waals surface area contributed by atoms with Crippen LogP contribution >= 0.6 is 0 Å². The zero-order chi connectivity index (χ0) is 12.3. The van der Waals surface area contributed by atoms with Gasteiger partial charge in [0, 0.05) is 24.1 Å². The van der Waals surface area contributed by atoms with Crippen molar-refractivity contribution in [1.82, 2.24) is 0 Å². The van der Waals surface area contributed by atoms with Crippen molar-refractivity contribution in [3.8, 4) is 23.3 Å². The van der Waals surface area contributed by atoms with Gasteiger partial charge in [-0.15, -0.1) is 0 Å². The van der Waals surface area contributed by atoms with E-state index in [-0.39, 0.29) is 17.4 Å². The molecule has 1 fully saturated rings. The Kier molecular flexibility index (Phi) is 3.38. The zero-order valence-electron chi connectivity index (χ0n) is 9.47. The second kappa shape index (κ2) is 4.96. The van der Waals surface area contributed by atoms with Crippen molar-refractivity contribution in [2.45, 2.75) is 19.3 Å². The highest BCUT2D eigenvalue weighted by Crippen LogP contribution is 2.32. The van der Waals surface area contributed by atoms with Crippen molar-refractivity contribution in [2.75, 3.05) is 6.61 Å². The van der Waals surface area contributed by atoms with Gasteiger partial charge in [0.25, 0.3) is 0 Å². The number of nitrogens with zero attached hydrogens (tertiary/aromatic N) is 1. The average Bonchev–Trinajstić information content (AvgIpc) is 2.73. The summed E-state index contributed by atoms with van der Waals surface area (Å²) < 4.78 is 5.51. The first kappa shape index (κ1) is 11.6. The lowest BCUT2D eigenvalue weighted by Gasteiger charge is -2.11. The van der Waals surface area contributed by atoms with Crippen LogP contribution in [0, 0.1) is 23.2 Å². The summed E-state index contributed by atoms with van der Waals surface area (Å²) in [5.74, 6) is 0.982. The first-order valence-corrected chi connectivity index (χ1v) is 5.73. The third kappa shape index (κ3) is 3.04. The summed E-state index contributed by atoms with van der Waals surface area (Å²) in [5.41, 5.74) is 0. The summed E-state index contributed by atoms with van der Waals surface area (Å²) in [6.45, 7) is 0.529. The molecule has 2 rings (SSSR count). The molecule has 1 aliphatic rings. The van der Waals surface area contributed by atoms with Gasteiger partial charge in [-0.2, -0.15) is 5.26 Å². The summed E-state index contributed by atoms with van der Waals surface area (Å²) in [5, 5.41) is 27.4. The fourth-order valence-corrected chi connectivity index (χ4v) is 2.21. The van der Waals surface area contributed by atoms with Crippen LogP contribution in [0.1, 0.15) is 19.3 Å². The Hall–Kier alpha value is -1.89. The van der Waals surface area contributed by atoms with E-state index in [2.05, 4.69) is 6.07 Å². The van der Waals surface area contributed by atoms with Gasteiger partial charge in [0.05, 0.1) is 12.7 Å². The summed E-state index contributed by atoms with van der Waals surface area (Å²) in [4.78, 5) is 0. The van der Waals surface area contributed by atoms with Gasteiger partial charge >= 0.3 is 0 Å². The number of ether oxygens (including phenoxy) is 1. The van der Waals surface area contributed by atoms with E-state index in [1.807, 2.05) is 0 Å². The van der Waals surface area contributed by atoms with Crippen LogP contribution < -0.4 is 4.74 Å². The fourth-order valence-electron chi connectivity index (χ4n) is 2.21. The maximum absolute atomic E-state index is 9.28. The number of phenolic OH excluding ortho intramolecular Hbond substituents is 2. The molecule has 0 saturated heterocycles. The Morgan fingerprint density at radius 3 is 2.53 bits per heavy atom. The molecule has 0 aromatic heterocycles. The molecule has 0 amide bonds. The molecule has 2 atom stereocenters. The first-order chi connectivity index (χ1) is 8.17. The van der Waals surface area contributed by atoms with Crippen LogP contribution in [0.15, 0.2) is 18.2 Å². The van der Waals surface area contributed by atoms with Gasteiger partial charge in [0.15, 0.2) is 0 Å². The molecule has 2 unspecified atom stereocenters. The van der Waals surface area contributed by atoms with Crippen LogP contribution in [0.3, 0.4) is 0 Å². The van der Waals surface area contributed by atoms with Crippen molar-refractivity contribution in [3.05, 3.63) is 18.2 Å². The molecule has 1 aromatic carbocycles. The van der Waals surface area contributed by atoms with Crippen LogP contribution in [-0.4, -0.2) is 16.8 Å². The minimum atomic E-state index is -0.0127. The van der Waals surface area contributed by atoms with E-state index in [0.717, 1.165) is 19.3 Å². The number of nitriles is 1. The molecule has 4 heteroatoms. The second-order valence-corrected chi connectivity index (χ2v) is 4.50. The van der Waals surface area contributed by atoms with Crippen molar-refractivity contribution >= 4 is 0 Å². The van der Waals surface area contributed by atoms with Gasteiger partial charge in [0.1, 0.15) is 17.2 Å². The SMILES string of the molecule is N#CC1CCC(COc2cc(O)cc(O)c2)C1. The predicted octanol–water partition coefficient (Wildman–Crippen LogP) is 2.42. The number of rotatable bonds is 3. The smallest absolute Gasteiger partial charge is 0.126 e. The summed E-state index contributed by atoms with van der Waals surface area (Å²) in [7, 11) is 0. The van der Waals surface area contributed by atoms with Crippen LogP contribution in [0.5, 0.6) is 17.2 Å². The fraction of sp³-hybridized carbons (Fsp3) is 0.462. The molecule has 17 heavy (non-hydrogen) atoms. The maximum atomic E-state index is 9.28. The summed E-state index contributed by atoms with van der Waals surface area (Å²) >= 11 is 0. The Bertz CT molecular complexity index is 419. The van der Waals surface area contributed by atoms with Crippen molar-refractivity contribution in [3.63, 3.8) is 0 Å². The number of phenols is 2. The average molecular weight is 233 g/mol. The Morgan fingerprint density at radius 1 is 1.24 bits per heavy atom. The van der Waals surface area contributed by atoms with E-state index in [1.54, 1.807) is 0 Å². The number of benzene rings is 1. The highest BCUT2D eigenvalue weighted by molar-refractivity contribution is 5.40. The van der Waals surface area contributed by atoms with E-state index in [1.165, 1.54) is 18.2 Å². The Morgan fingerprint density at radius 2 is 1.94 bits per heavy atom. The topological polar surface area (TPSA) is 73.5 Å². The van der Waals surface area contributed by atoms with Gasteiger partial charge < -0.3 is 14.9 Å². The number of hydrogen-bond donors (Lipinski definition) is 2. The molecular formula is C13H15NO3. The first-order valence-electron chi connectivity index (χ1n) is 5.73. The van der Waals surface area contributed by atoms with Crippen molar-refractivity contribution in [2.24, 2.45) is 11.8 Å². The van der Waals surface area contributed by atoms with Gasteiger partial charge in [0.2, 0.25) is 0 Å². The van der Waals surface area contributed by atoms with Crippen molar-refractivity contribution < 1.29 is 14.9 Å². The van der Waals surface area contributed by atoms with Gasteiger partial charge in [-0.1, -0.05) is 0 Å². The zero-order valence-corrected chi connectivity index (χ0v) is 9.47. The highest BCUT2D eigenvalue weighted by atomic mass is 16.5. The molecule has 90 valence electrons. The summed E-state index contributed by atoms with van der Waals surface area (Å²) in [6, 6.07) is 6.47. The van der Waals surface area contributed by atoms with Crippen molar-refractivity contribution in [1.29, 1.82) is 5.26 Å². The van der Waals surface area contributed by atoms with E-state index in [0.29, 0.717) is 18.3 Å². The quantitative estimate of drug-likeness (QED) is 0.840. The van der Waals surface area contributed by atoms with Crippen LogP contribution in [0.25, 0.3) is 0 Å². The largest absolute Gasteiger partial charge is 0.508 e. The van der Waals surface area contributed by atoms with E-state index in [9.17, 15) is 10.2 Å². The molecule has 1 aromatic rings. The summed E-state index contributed by atoms with van der Waals surface area (Å²) in [6.07, 6.45) is 2.82. The third-order valence-electron chi connectivity index (χ3n) is 3.09. The minimum Gasteiger partial charge on any atom is -0.508 e. The normalized spacial score (nSPS) is 23.2. The molecule has 0 heterocycles. The number of aromatic hydroxyl groups is 2. The molecule has 1 saturated carbocycles. The minimum absolute atomic E-state index is 0.0127. The molecular weight excluding hydrogens is 218 g/mol. The Balaban J connectivity index is 1.88. The third-order valence-corrected chi connectivity index (χ3v) is 3.09. The standard InChI is InChI=1S/C13H15NO3/c14-7-9-1-2-10(3-9)8-17-13-5-11(15)4-12(16)6-13/h4-6,9-10,15-16H,1-3,8H2. The maximum Gasteiger partial charge on any atom is 0.126 e. The van der Waals surface area contributed by atoms with Crippen LogP contribution in [-0.2, 0) is 0 Å². The molecule has 0 spiro atoms. The highest BCUT2D eigenvalue weighted by Gasteiger charge is 2.24. The predicted molar refractivity (Wildman–Crippen MR) is 61.7 cm³/mol. The van der Waals surface area contributed by atoms with Crippen LogP contribution in [0.2, 0.25) is 0 Å². The number of hydrogen-bond acceptors (Lipinski definition) is 4.